The molecule has 5 aromatic rings. The Bertz CT molecular complexity index is 2410. The lowest BCUT2D eigenvalue weighted by Crippen LogP contribution is -2.36. The molecule has 5 aromatic carbocycles. The van der Waals surface area contributed by atoms with E-state index >= 15 is 0 Å². The van der Waals surface area contributed by atoms with Crippen LogP contribution in [0, 0.1) is 6.92 Å². The van der Waals surface area contributed by atoms with Crippen molar-refractivity contribution in [2.24, 2.45) is 0 Å². The Morgan fingerprint density at radius 2 is 1.14 bits per heavy atom. The van der Waals surface area contributed by atoms with Crippen molar-refractivity contribution in [1.29, 1.82) is 0 Å². The van der Waals surface area contributed by atoms with Gasteiger partial charge in [-0.15, -0.1) is 0 Å². The van der Waals surface area contributed by atoms with Crippen molar-refractivity contribution in [3.05, 3.63) is 143 Å². The van der Waals surface area contributed by atoms with E-state index in [2.05, 4.69) is 26.8 Å². The van der Waals surface area contributed by atoms with Crippen LogP contribution in [0.2, 0.25) is 0 Å². The number of anilines is 3. The number of hydrogen-bond acceptors (Lipinski definition) is 11. The summed E-state index contributed by atoms with van der Waals surface area (Å²) in [4.78, 5) is 65.2. The van der Waals surface area contributed by atoms with Gasteiger partial charge < -0.3 is 40.3 Å². The van der Waals surface area contributed by atoms with Crippen LogP contribution in [0.25, 0.3) is 0 Å². The molecule has 0 radical (unpaired) electrons. The summed E-state index contributed by atoms with van der Waals surface area (Å²) < 4.78 is 23.6. The number of benzene rings is 5. The molecule has 0 atom stereocenters. The quantitative estimate of drug-likeness (QED) is 0.0206. The van der Waals surface area contributed by atoms with Gasteiger partial charge in [-0.05, 0) is 114 Å². The fraction of sp³-hybridized carbons (Fsp3) is 0.300. The molecule has 0 aromatic heterocycles. The van der Waals surface area contributed by atoms with Crippen LogP contribution in [-0.4, -0.2) is 54.3 Å². The number of rotatable bonds is 21. The number of ether oxygens (including phenoxy) is 4. The lowest BCUT2D eigenvalue weighted by Gasteiger charge is -2.19. The molecule has 0 spiro atoms. The number of hydrazine groups is 1. The highest BCUT2D eigenvalue weighted by Gasteiger charge is 2.23. The van der Waals surface area contributed by atoms with E-state index in [1.165, 1.54) is 0 Å². The summed E-state index contributed by atoms with van der Waals surface area (Å²) in [6, 6.07) is 31.6. The highest BCUT2D eigenvalue weighted by atomic mass is 16.6. The summed E-state index contributed by atoms with van der Waals surface area (Å²) in [6.07, 6.45) is 1.47. The second kappa shape index (κ2) is 22.8. The Kier molecular flexibility index (Phi) is 17.0. The minimum Gasteiger partial charge on any atom is -0.489 e. The van der Waals surface area contributed by atoms with Gasteiger partial charge in [0.15, 0.2) is 0 Å². The monoisotopic (exact) mass is 871 g/mol. The van der Waals surface area contributed by atoms with Gasteiger partial charge in [0, 0.05) is 23.2 Å². The number of Topliss-reactive ketones (excluding diaryl/α,β-unsaturated/α-hetero) is 1. The number of carbonyl (C=O) groups excluding carboxylic acids is 5. The van der Waals surface area contributed by atoms with Gasteiger partial charge in [-0.1, -0.05) is 73.5 Å². The minimum atomic E-state index is -0.966. The smallest absolute Gasteiger partial charge is 0.376 e. The van der Waals surface area contributed by atoms with Crippen molar-refractivity contribution in [2.75, 3.05) is 29.1 Å². The van der Waals surface area contributed by atoms with E-state index < -0.39 is 29.2 Å². The van der Waals surface area contributed by atoms with E-state index in [1.54, 1.807) is 75.4 Å². The summed E-state index contributed by atoms with van der Waals surface area (Å²) >= 11 is 0. The maximum Gasteiger partial charge on any atom is 0.376 e. The minimum absolute atomic E-state index is 0.173. The maximum absolute atomic E-state index is 13.8. The van der Waals surface area contributed by atoms with Gasteiger partial charge in [0.05, 0.1) is 29.7 Å². The van der Waals surface area contributed by atoms with E-state index in [-0.39, 0.29) is 54.4 Å². The maximum atomic E-state index is 13.8. The van der Waals surface area contributed by atoms with Gasteiger partial charge in [-0.3, -0.25) is 19.2 Å². The van der Waals surface area contributed by atoms with Crippen LogP contribution in [0.15, 0.2) is 109 Å². The summed E-state index contributed by atoms with van der Waals surface area (Å²) in [5, 5.41) is 8.74. The largest absolute Gasteiger partial charge is 0.489 e. The number of amides is 3. The molecular weight excluding hydrogens is 815 g/mol. The van der Waals surface area contributed by atoms with Crippen LogP contribution in [0.1, 0.15) is 102 Å². The van der Waals surface area contributed by atoms with Gasteiger partial charge >= 0.3 is 5.97 Å². The highest BCUT2D eigenvalue weighted by molar-refractivity contribution is 6.34. The molecule has 5 rings (SSSR count). The number of esters is 1. The number of carbonyl (C=O) groups is 5. The third kappa shape index (κ3) is 14.7. The normalized spacial score (nSPS) is 11.0. The van der Waals surface area contributed by atoms with Crippen LogP contribution in [-0.2, 0) is 27.5 Å². The van der Waals surface area contributed by atoms with Crippen LogP contribution in [0.3, 0.4) is 0 Å². The first kappa shape index (κ1) is 47.9. The predicted octanol–water partition coefficient (Wildman–Crippen LogP) is 8.80. The second-order valence-electron chi connectivity index (χ2n) is 16.3. The first-order valence-corrected chi connectivity index (χ1v) is 21.2. The SMILES string of the molecule is CCCCNC(=O)c1ccc(NC(=O)c2ccc(NC(=O)c3ccc(NNCC(=O)C(=O)OC(C)(C)C)c(OCc4ccccc4)c3)c(OC(C)C)c2)c(OCc2ccc(C)cc2)c1. The van der Waals surface area contributed by atoms with Crippen LogP contribution in [0.4, 0.5) is 17.1 Å². The van der Waals surface area contributed by atoms with E-state index in [4.69, 9.17) is 18.9 Å². The molecule has 0 saturated carbocycles. The summed E-state index contributed by atoms with van der Waals surface area (Å²) in [6.45, 7) is 13.3. The molecule has 0 heterocycles. The topological polar surface area (TPSA) is 182 Å². The molecule has 336 valence electrons. The number of aryl methyl sites for hydroxylation is 1. The van der Waals surface area contributed by atoms with Crippen molar-refractivity contribution < 1.29 is 42.9 Å². The number of nitrogens with one attached hydrogen (secondary N) is 5. The molecule has 0 unspecified atom stereocenters. The number of unbranched alkanes of at least 4 members (excludes halogenated alkanes) is 1. The highest BCUT2D eigenvalue weighted by Crippen LogP contribution is 2.32. The molecule has 64 heavy (non-hydrogen) atoms. The third-order valence-corrected chi connectivity index (χ3v) is 9.26. The fourth-order valence-corrected chi connectivity index (χ4v) is 5.97. The lowest BCUT2D eigenvalue weighted by molar-refractivity contribution is -0.162. The lowest BCUT2D eigenvalue weighted by atomic mass is 10.1. The number of hydrogen-bond donors (Lipinski definition) is 5. The Balaban J connectivity index is 1.34. The average Bonchev–Trinajstić information content (AvgIpc) is 3.26. The predicted molar refractivity (Wildman–Crippen MR) is 247 cm³/mol. The molecule has 3 amide bonds. The zero-order valence-electron chi connectivity index (χ0n) is 37.4. The van der Waals surface area contributed by atoms with Crippen LogP contribution >= 0.6 is 0 Å². The summed E-state index contributed by atoms with van der Waals surface area (Å²) in [7, 11) is 0. The number of ketones is 1. The Labute approximate surface area is 374 Å². The van der Waals surface area contributed by atoms with Gasteiger partial charge in [-0.2, -0.15) is 0 Å². The average molecular weight is 872 g/mol. The van der Waals surface area contributed by atoms with E-state index in [9.17, 15) is 24.0 Å². The summed E-state index contributed by atoms with van der Waals surface area (Å²) in [5.74, 6) is -2.11. The third-order valence-electron chi connectivity index (χ3n) is 9.26. The second-order valence-corrected chi connectivity index (χ2v) is 16.3. The molecule has 0 bridgehead atoms. The van der Waals surface area contributed by atoms with Gasteiger partial charge in [0.1, 0.15) is 36.1 Å². The molecule has 0 aliphatic heterocycles. The Morgan fingerprint density at radius 1 is 0.625 bits per heavy atom. The molecule has 0 aliphatic rings. The Morgan fingerprint density at radius 3 is 1.70 bits per heavy atom. The standard InChI is InChI=1S/C50H57N5O9/c1-8-9-25-51-46(57)36-19-22-39(43(26-36)61-31-35-17-15-33(4)16-18-35)53-48(59)38-20-23-40(45(28-38)63-32(2)3)54-47(58)37-21-24-41(44(27-37)62-30-34-13-11-10-12-14-34)55-52-29-42(56)49(60)64-50(5,6)7/h10-24,26-28,32,52,55H,8-9,25,29-31H2,1-7H3,(H,51,57)(H,53,59)(H,54,58). The van der Waals surface area contributed by atoms with Gasteiger partial charge in [0.2, 0.25) is 0 Å². The first-order chi connectivity index (χ1) is 30.6. The molecule has 14 heteroatoms. The zero-order valence-corrected chi connectivity index (χ0v) is 37.4. The Hall–Kier alpha value is -7.19. The molecular formula is C50H57N5O9. The molecule has 14 nitrogen and oxygen atoms in total. The molecule has 0 fully saturated rings. The van der Waals surface area contributed by atoms with Crippen LogP contribution < -0.4 is 41.0 Å². The van der Waals surface area contributed by atoms with Crippen molar-refractivity contribution in [2.45, 2.75) is 86.2 Å². The fourth-order valence-electron chi connectivity index (χ4n) is 5.97. The van der Waals surface area contributed by atoms with Crippen molar-refractivity contribution >= 4 is 46.5 Å². The van der Waals surface area contributed by atoms with E-state index in [0.717, 1.165) is 29.5 Å². The molecule has 0 saturated heterocycles. The van der Waals surface area contributed by atoms with Gasteiger partial charge in [-0.25, -0.2) is 10.2 Å². The van der Waals surface area contributed by atoms with Crippen LogP contribution in [0.5, 0.6) is 17.2 Å². The zero-order chi connectivity index (χ0) is 46.2. The van der Waals surface area contributed by atoms with E-state index in [0.29, 0.717) is 34.9 Å². The first-order valence-electron chi connectivity index (χ1n) is 21.2. The van der Waals surface area contributed by atoms with Crippen molar-refractivity contribution in [3.8, 4) is 17.2 Å². The van der Waals surface area contributed by atoms with Gasteiger partial charge in [0.25, 0.3) is 23.5 Å². The van der Waals surface area contributed by atoms with E-state index in [1.807, 2.05) is 82.3 Å². The molecule has 5 N–H and O–H groups in total. The molecule has 0 aliphatic carbocycles. The van der Waals surface area contributed by atoms with Crippen molar-refractivity contribution in [1.82, 2.24) is 10.7 Å². The summed E-state index contributed by atoms with van der Waals surface area (Å²) in [5.41, 5.74) is 9.65. The van der Waals surface area contributed by atoms with Crippen molar-refractivity contribution in [3.63, 3.8) is 0 Å².